The lowest BCUT2D eigenvalue weighted by Gasteiger charge is -2.12. The molecule has 2 rings (SSSR count). The van der Waals surface area contributed by atoms with Crippen molar-refractivity contribution >= 4 is 23.2 Å². The van der Waals surface area contributed by atoms with E-state index in [1.165, 1.54) is 0 Å². The van der Waals surface area contributed by atoms with Crippen LogP contribution in [0.15, 0.2) is 36.4 Å². The minimum Gasteiger partial charge on any atom is -0.497 e. The first-order chi connectivity index (χ1) is 11.5. The zero-order valence-electron chi connectivity index (χ0n) is 14.3. The third-order valence-electron chi connectivity index (χ3n) is 3.75. The van der Waals surface area contributed by atoms with E-state index in [0.717, 1.165) is 34.5 Å². The van der Waals surface area contributed by atoms with Crippen LogP contribution >= 0.6 is 11.6 Å². The molecule has 0 aliphatic rings. The SMILES string of the molecule is COc1ccc(CCNC(=O)CNc2c(C)cc(C)cc2Cl)cc1. The van der Waals surface area contributed by atoms with Crippen molar-refractivity contribution in [3.8, 4) is 5.75 Å². The molecule has 2 aromatic carbocycles. The molecule has 0 aliphatic carbocycles. The number of carbonyl (C=O) groups is 1. The van der Waals surface area contributed by atoms with Crippen molar-refractivity contribution in [1.82, 2.24) is 5.32 Å². The van der Waals surface area contributed by atoms with E-state index in [1.807, 2.05) is 50.2 Å². The second-order valence-corrected chi connectivity index (χ2v) is 6.15. The van der Waals surface area contributed by atoms with E-state index in [0.29, 0.717) is 11.6 Å². The molecule has 0 bridgehead atoms. The Kier molecular flexibility index (Phi) is 6.50. The van der Waals surface area contributed by atoms with E-state index in [1.54, 1.807) is 7.11 Å². The van der Waals surface area contributed by atoms with Crippen molar-refractivity contribution in [2.45, 2.75) is 20.3 Å². The Labute approximate surface area is 148 Å². The predicted octanol–water partition coefficient (Wildman–Crippen LogP) is 3.74. The Morgan fingerprint density at radius 2 is 1.88 bits per heavy atom. The Morgan fingerprint density at radius 1 is 1.17 bits per heavy atom. The molecule has 0 aliphatic heterocycles. The van der Waals surface area contributed by atoms with Gasteiger partial charge in [-0.15, -0.1) is 0 Å². The van der Waals surface area contributed by atoms with Gasteiger partial charge in [0.25, 0.3) is 0 Å². The summed E-state index contributed by atoms with van der Waals surface area (Å²) in [5.41, 5.74) is 4.10. The van der Waals surface area contributed by atoms with E-state index in [4.69, 9.17) is 16.3 Å². The first kappa shape index (κ1) is 18.1. The number of rotatable bonds is 7. The van der Waals surface area contributed by atoms with Crippen LogP contribution < -0.4 is 15.4 Å². The van der Waals surface area contributed by atoms with Crippen molar-refractivity contribution in [3.63, 3.8) is 0 Å². The summed E-state index contributed by atoms with van der Waals surface area (Å²) in [6.07, 6.45) is 0.778. The summed E-state index contributed by atoms with van der Waals surface area (Å²) in [4.78, 5) is 12.0. The molecule has 0 unspecified atom stereocenters. The molecule has 0 saturated carbocycles. The van der Waals surface area contributed by atoms with Crippen LogP contribution in [0.5, 0.6) is 5.75 Å². The van der Waals surface area contributed by atoms with Gasteiger partial charge in [-0.05, 0) is 55.2 Å². The number of aryl methyl sites for hydroxylation is 2. The highest BCUT2D eigenvalue weighted by Crippen LogP contribution is 2.26. The maximum atomic E-state index is 12.0. The summed E-state index contributed by atoms with van der Waals surface area (Å²) in [6.45, 7) is 4.76. The van der Waals surface area contributed by atoms with Crippen molar-refractivity contribution in [2.24, 2.45) is 0 Å². The molecule has 5 heteroatoms. The fourth-order valence-corrected chi connectivity index (χ4v) is 2.90. The van der Waals surface area contributed by atoms with Gasteiger partial charge in [0.05, 0.1) is 24.4 Å². The van der Waals surface area contributed by atoms with Gasteiger partial charge in [0.1, 0.15) is 5.75 Å². The third-order valence-corrected chi connectivity index (χ3v) is 4.05. The lowest BCUT2D eigenvalue weighted by molar-refractivity contribution is -0.119. The molecule has 0 heterocycles. The average molecular weight is 347 g/mol. The van der Waals surface area contributed by atoms with Crippen LogP contribution in [0.3, 0.4) is 0 Å². The van der Waals surface area contributed by atoms with Gasteiger partial charge in [-0.1, -0.05) is 29.8 Å². The summed E-state index contributed by atoms with van der Waals surface area (Å²) in [5.74, 6) is 0.775. The quantitative estimate of drug-likeness (QED) is 0.803. The molecule has 0 saturated heterocycles. The van der Waals surface area contributed by atoms with Gasteiger partial charge >= 0.3 is 0 Å². The van der Waals surface area contributed by atoms with Gasteiger partial charge in [-0.25, -0.2) is 0 Å². The van der Waals surface area contributed by atoms with Crippen LogP contribution in [0.1, 0.15) is 16.7 Å². The molecule has 2 N–H and O–H groups in total. The molecule has 2 aromatic rings. The zero-order valence-corrected chi connectivity index (χ0v) is 15.0. The predicted molar refractivity (Wildman–Crippen MR) is 99.1 cm³/mol. The van der Waals surface area contributed by atoms with Crippen molar-refractivity contribution < 1.29 is 9.53 Å². The van der Waals surface area contributed by atoms with Crippen LogP contribution in [-0.4, -0.2) is 26.1 Å². The number of nitrogens with one attached hydrogen (secondary N) is 2. The number of halogens is 1. The number of benzene rings is 2. The summed E-state index contributed by atoms with van der Waals surface area (Å²) in [7, 11) is 1.64. The van der Waals surface area contributed by atoms with Crippen molar-refractivity contribution in [1.29, 1.82) is 0 Å². The highest BCUT2D eigenvalue weighted by Gasteiger charge is 2.07. The Hall–Kier alpha value is -2.20. The maximum absolute atomic E-state index is 12.0. The second-order valence-electron chi connectivity index (χ2n) is 5.74. The standard InChI is InChI=1S/C19H23ClN2O2/c1-13-10-14(2)19(17(20)11-13)22-12-18(23)21-9-8-15-4-6-16(24-3)7-5-15/h4-7,10-11,22H,8-9,12H2,1-3H3,(H,21,23). The maximum Gasteiger partial charge on any atom is 0.239 e. The molecule has 4 nitrogen and oxygen atoms in total. The van der Waals surface area contributed by atoms with Gasteiger partial charge in [0, 0.05) is 6.54 Å². The molecule has 128 valence electrons. The Bertz CT molecular complexity index is 676. The molecule has 0 spiro atoms. The van der Waals surface area contributed by atoms with Crippen molar-refractivity contribution in [2.75, 3.05) is 25.5 Å². The summed E-state index contributed by atoms with van der Waals surface area (Å²) in [5, 5.41) is 6.65. The first-order valence-corrected chi connectivity index (χ1v) is 8.27. The van der Waals surface area contributed by atoms with E-state index in [2.05, 4.69) is 10.6 Å². The van der Waals surface area contributed by atoms with Gasteiger partial charge < -0.3 is 15.4 Å². The number of hydrogen-bond acceptors (Lipinski definition) is 3. The molecule has 0 radical (unpaired) electrons. The summed E-state index contributed by atoms with van der Waals surface area (Å²) >= 11 is 6.22. The third kappa shape index (κ3) is 5.17. The van der Waals surface area contributed by atoms with Crippen LogP contribution in [0, 0.1) is 13.8 Å². The number of anilines is 1. The monoisotopic (exact) mass is 346 g/mol. The highest BCUT2D eigenvalue weighted by molar-refractivity contribution is 6.33. The second kappa shape index (κ2) is 8.60. The number of methoxy groups -OCH3 is 1. The molecular formula is C19H23ClN2O2. The molecule has 1 amide bonds. The molecule has 24 heavy (non-hydrogen) atoms. The van der Waals surface area contributed by atoms with Gasteiger partial charge in [0.2, 0.25) is 5.91 Å². The topological polar surface area (TPSA) is 50.4 Å². The summed E-state index contributed by atoms with van der Waals surface area (Å²) < 4.78 is 5.12. The van der Waals surface area contributed by atoms with Crippen LogP contribution in [0.4, 0.5) is 5.69 Å². The van der Waals surface area contributed by atoms with Crippen LogP contribution in [0.2, 0.25) is 5.02 Å². The van der Waals surface area contributed by atoms with Crippen molar-refractivity contribution in [3.05, 3.63) is 58.1 Å². The van der Waals surface area contributed by atoms with Crippen LogP contribution in [-0.2, 0) is 11.2 Å². The smallest absolute Gasteiger partial charge is 0.239 e. The van der Waals surface area contributed by atoms with E-state index < -0.39 is 0 Å². The fourth-order valence-electron chi connectivity index (χ4n) is 2.51. The number of hydrogen-bond donors (Lipinski definition) is 2. The van der Waals surface area contributed by atoms with E-state index in [-0.39, 0.29) is 12.5 Å². The normalized spacial score (nSPS) is 10.3. The molecule has 0 aromatic heterocycles. The van der Waals surface area contributed by atoms with Crippen LogP contribution in [0.25, 0.3) is 0 Å². The molecular weight excluding hydrogens is 324 g/mol. The van der Waals surface area contributed by atoms with E-state index >= 15 is 0 Å². The lowest BCUT2D eigenvalue weighted by atomic mass is 10.1. The molecule has 0 atom stereocenters. The minimum absolute atomic E-state index is 0.0560. The highest BCUT2D eigenvalue weighted by atomic mass is 35.5. The minimum atomic E-state index is -0.0560. The fraction of sp³-hybridized carbons (Fsp3) is 0.316. The average Bonchev–Trinajstić information content (AvgIpc) is 2.54. The molecule has 0 fully saturated rings. The number of ether oxygens (including phenoxy) is 1. The van der Waals surface area contributed by atoms with Gasteiger partial charge in [-0.2, -0.15) is 0 Å². The lowest BCUT2D eigenvalue weighted by Crippen LogP contribution is -2.31. The summed E-state index contributed by atoms with van der Waals surface area (Å²) in [6, 6.07) is 11.8. The first-order valence-electron chi connectivity index (χ1n) is 7.90. The van der Waals surface area contributed by atoms with Gasteiger partial charge in [0.15, 0.2) is 0 Å². The van der Waals surface area contributed by atoms with Gasteiger partial charge in [-0.3, -0.25) is 4.79 Å². The largest absolute Gasteiger partial charge is 0.497 e. The number of carbonyl (C=O) groups excluding carboxylic acids is 1. The Morgan fingerprint density at radius 3 is 2.50 bits per heavy atom. The Balaban J connectivity index is 1.77. The number of amides is 1. The van der Waals surface area contributed by atoms with E-state index in [9.17, 15) is 4.79 Å². The zero-order chi connectivity index (χ0) is 17.5.